The number of para-hydroxylation sites is 2. The molecule has 0 aliphatic carbocycles. The minimum absolute atomic E-state index is 0.0143. The van der Waals surface area contributed by atoms with E-state index in [1.165, 1.54) is 0 Å². The Morgan fingerprint density at radius 1 is 1.09 bits per heavy atom. The Morgan fingerprint density at radius 2 is 1.74 bits per heavy atom. The van der Waals surface area contributed by atoms with Gasteiger partial charge in [-0.2, -0.15) is 0 Å². The van der Waals surface area contributed by atoms with E-state index in [1.807, 2.05) is 53.1 Å². The van der Waals surface area contributed by atoms with Crippen molar-refractivity contribution in [3.05, 3.63) is 78.4 Å². The molecule has 0 saturated heterocycles. The molecule has 34 heavy (non-hydrogen) atoms. The number of amides is 1. The summed E-state index contributed by atoms with van der Waals surface area (Å²) in [7, 11) is -2.00. The molecule has 0 aliphatic heterocycles. The summed E-state index contributed by atoms with van der Waals surface area (Å²) in [6.45, 7) is 13.3. The van der Waals surface area contributed by atoms with Gasteiger partial charge in [0.25, 0.3) is 5.91 Å². The van der Waals surface area contributed by atoms with Crippen molar-refractivity contribution < 1.29 is 14.0 Å². The van der Waals surface area contributed by atoms with E-state index in [9.17, 15) is 4.79 Å². The number of rotatable bonds is 10. The zero-order valence-electron chi connectivity index (χ0n) is 21.1. The van der Waals surface area contributed by atoms with E-state index in [0.717, 1.165) is 29.9 Å². The van der Waals surface area contributed by atoms with Crippen LogP contribution in [0.15, 0.2) is 67.1 Å². The molecule has 3 rings (SSSR count). The zero-order chi connectivity index (χ0) is 24.9. The first kappa shape index (κ1) is 25.7. The van der Waals surface area contributed by atoms with E-state index < -0.39 is 14.2 Å². The minimum atomic E-state index is -2.00. The van der Waals surface area contributed by atoms with Crippen molar-refractivity contribution in [1.29, 1.82) is 0 Å². The molecule has 0 bridgehead atoms. The first-order chi connectivity index (χ1) is 16.0. The Balaban J connectivity index is 1.84. The number of aromatic nitrogens is 2. The third kappa shape index (κ3) is 6.36. The average molecular weight is 480 g/mol. The summed E-state index contributed by atoms with van der Waals surface area (Å²) in [5.41, 5.74) is 6.84. The lowest BCUT2D eigenvalue weighted by Gasteiger charge is -2.40. The van der Waals surface area contributed by atoms with Gasteiger partial charge in [-0.1, -0.05) is 57.2 Å². The summed E-state index contributed by atoms with van der Waals surface area (Å²) in [5, 5.41) is 0.0925. The van der Waals surface area contributed by atoms with Gasteiger partial charge in [-0.25, -0.2) is 4.98 Å². The highest BCUT2D eigenvalue weighted by molar-refractivity contribution is 6.74. The summed E-state index contributed by atoms with van der Waals surface area (Å²) in [5.74, 6) is 1.12. The predicted octanol–water partition coefficient (Wildman–Crippen LogP) is 6.36. The predicted molar refractivity (Wildman–Crippen MR) is 139 cm³/mol. The second-order valence-electron chi connectivity index (χ2n) is 10.3. The number of aryl methyl sites for hydroxylation is 1. The highest BCUT2D eigenvalue weighted by Crippen LogP contribution is 2.39. The molecular weight excluding hydrogens is 442 g/mol. The van der Waals surface area contributed by atoms with E-state index in [0.29, 0.717) is 0 Å². The van der Waals surface area contributed by atoms with Crippen molar-refractivity contribution in [2.24, 2.45) is 5.73 Å². The van der Waals surface area contributed by atoms with E-state index in [-0.39, 0.29) is 22.9 Å². The first-order valence-corrected chi connectivity index (χ1v) is 14.7. The molecular formula is C27H37N3O3Si. The van der Waals surface area contributed by atoms with Gasteiger partial charge in [0.15, 0.2) is 8.32 Å². The Kier molecular flexibility index (Phi) is 7.99. The van der Waals surface area contributed by atoms with Gasteiger partial charge < -0.3 is 19.5 Å². The maximum atomic E-state index is 11.7. The average Bonchev–Trinajstić information content (AvgIpc) is 3.25. The largest absolute Gasteiger partial charge is 0.457 e. The van der Waals surface area contributed by atoms with Gasteiger partial charge in [0.05, 0.1) is 18.5 Å². The molecule has 0 radical (unpaired) electrons. The molecule has 3 aromatic rings. The normalized spacial score (nSPS) is 13.9. The molecule has 0 aliphatic rings. The van der Waals surface area contributed by atoms with E-state index >= 15 is 0 Å². The van der Waals surface area contributed by atoms with Crippen LogP contribution in [-0.2, 0) is 10.8 Å². The van der Waals surface area contributed by atoms with Crippen LogP contribution >= 0.6 is 0 Å². The van der Waals surface area contributed by atoms with Gasteiger partial charge in [-0.15, -0.1) is 0 Å². The van der Waals surface area contributed by atoms with Crippen LogP contribution < -0.4 is 10.5 Å². The number of benzene rings is 2. The SMILES string of the molecule is CC(O[Si](C)(C)C(C)(C)C)C(CCc1ccccc1Oc1ccccc1)n1cnc(C(N)=O)c1. The first-order valence-electron chi connectivity index (χ1n) is 11.8. The van der Waals surface area contributed by atoms with Gasteiger partial charge in [-0.3, -0.25) is 4.79 Å². The van der Waals surface area contributed by atoms with E-state index in [2.05, 4.69) is 51.8 Å². The third-order valence-corrected chi connectivity index (χ3v) is 11.3. The Morgan fingerprint density at radius 3 is 2.35 bits per heavy atom. The van der Waals surface area contributed by atoms with E-state index in [4.69, 9.17) is 14.9 Å². The van der Waals surface area contributed by atoms with Crippen LogP contribution in [0.3, 0.4) is 0 Å². The summed E-state index contributed by atoms with van der Waals surface area (Å²) in [4.78, 5) is 15.9. The summed E-state index contributed by atoms with van der Waals surface area (Å²) in [6, 6.07) is 17.9. The van der Waals surface area contributed by atoms with Crippen molar-refractivity contribution in [3.8, 4) is 11.5 Å². The standard InChI is InChI=1S/C27H37N3O3Si/c1-20(33-34(5,6)27(2,3)4)24(30-18-23(26(28)31)29-19-30)17-16-21-12-10-11-15-25(21)32-22-13-8-7-9-14-22/h7-15,18-20,24H,16-17H2,1-6H3,(H2,28,31). The van der Waals surface area contributed by atoms with Crippen LogP contribution in [0.5, 0.6) is 11.5 Å². The highest BCUT2D eigenvalue weighted by Gasteiger charge is 2.40. The lowest BCUT2D eigenvalue weighted by molar-refractivity contribution is 0.0995. The molecule has 7 heteroatoms. The maximum Gasteiger partial charge on any atom is 0.268 e. The Hall–Kier alpha value is -2.90. The third-order valence-electron chi connectivity index (χ3n) is 6.72. The molecule has 0 spiro atoms. The number of primary amides is 1. The lowest BCUT2D eigenvalue weighted by atomic mass is 10.0. The van der Waals surface area contributed by atoms with Crippen LogP contribution in [0, 0.1) is 0 Å². The van der Waals surface area contributed by atoms with Crippen LogP contribution in [0.25, 0.3) is 0 Å². The topological polar surface area (TPSA) is 79.4 Å². The Labute approximate surface area is 204 Å². The van der Waals surface area contributed by atoms with Gasteiger partial charge in [0.2, 0.25) is 0 Å². The monoisotopic (exact) mass is 479 g/mol. The molecule has 2 aromatic carbocycles. The fraction of sp³-hybridized carbons (Fsp3) is 0.407. The second-order valence-corrected chi connectivity index (χ2v) is 15.0. The molecule has 0 saturated carbocycles. The summed E-state index contributed by atoms with van der Waals surface area (Å²) in [6.07, 6.45) is 4.91. The number of nitrogens with two attached hydrogens (primary N) is 1. The van der Waals surface area contributed by atoms with Crippen LogP contribution in [0.2, 0.25) is 18.1 Å². The maximum absolute atomic E-state index is 11.7. The van der Waals surface area contributed by atoms with Crippen LogP contribution in [0.1, 0.15) is 56.2 Å². The molecule has 6 nitrogen and oxygen atoms in total. The molecule has 1 heterocycles. The molecule has 2 atom stereocenters. The molecule has 2 N–H and O–H groups in total. The summed E-state index contributed by atoms with van der Waals surface area (Å²) < 4.78 is 14.9. The van der Waals surface area contributed by atoms with Gasteiger partial charge in [0, 0.05) is 6.20 Å². The van der Waals surface area contributed by atoms with Crippen molar-refractivity contribution in [2.45, 2.75) is 70.8 Å². The number of ether oxygens (including phenoxy) is 1. The second kappa shape index (κ2) is 10.6. The van der Waals surface area contributed by atoms with Crippen LogP contribution in [0.4, 0.5) is 0 Å². The number of carbonyl (C=O) groups is 1. The Bertz CT molecular complexity index is 1090. The highest BCUT2D eigenvalue weighted by atomic mass is 28.4. The smallest absolute Gasteiger partial charge is 0.268 e. The van der Waals surface area contributed by atoms with Crippen molar-refractivity contribution in [2.75, 3.05) is 0 Å². The molecule has 1 amide bonds. The van der Waals surface area contributed by atoms with Crippen molar-refractivity contribution in [3.63, 3.8) is 0 Å². The van der Waals surface area contributed by atoms with Crippen molar-refractivity contribution >= 4 is 14.2 Å². The summed E-state index contributed by atoms with van der Waals surface area (Å²) >= 11 is 0. The molecule has 0 fully saturated rings. The lowest BCUT2D eigenvalue weighted by Crippen LogP contribution is -2.45. The van der Waals surface area contributed by atoms with E-state index in [1.54, 1.807) is 12.5 Å². The van der Waals surface area contributed by atoms with Gasteiger partial charge in [0.1, 0.15) is 17.2 Å². The minimum Gasteiger partial charge on any atom is -0.457 e. The van der Waals surface area contributed by atoms with Gasteiger partial charge in [-0.05, 0) is 61.7 Å². The van der Waals surface area contributed by atoms with Crippen LogP contribution in [-0.4, -0.2) is 29.9 Å². The fourth-order valence-electron chi connectivity index (χ4n) is 3.72. The molecule has 1 aromatic heterocycles. The zero-order valence-corrected chi connectivity index (χ0v) is 22.1. The number of hydrogen-bond donors (Lipinski definition) is 1. The molecule has 182 valence electrons. The molecule has 2 unspecified atom stereocenters. The fourth-order valence-corrected chi connectivity index (χ4v) is 5.16. The number of carbonyl (C=O) groups excluding carboxylic acids is 1. The number of imidazole rings is 1. The quantitative estimate of drug-likeness (QED) is 0.343. The number of hydrogen-bond acceptors (Lipinski definition) is 4. The number of nitrogens with zero attached hydrogens (tertiary/aromatic N) is 2. The van der Waals surface area contributed by atoms with Gasteiger partial charge >= 0.3 is 0 Å². The van der Waals surface area contributed by atoms with Crippen molar-refractivity contribution in [1.82, 2.24) is 9.55 Å².